The molecule has 0 aliphatic rings. The maximum absolute atomic E-state index is 12.5. The Hall–Kier alpha value is -4.06. The first-order valence-electron chi connectivity index (χ1n) is 9.43. The number of carbonyl (C=O) groups excluding carboxylic acids is 2. The molecule has 6 nitrogen and oxygen atoms in total. The minimum Gasteiger partial charge on any atom is -0.403 e. The van der Waals surface area contributed by atoms with Gasteiger partial charge in [-0.15, -0.1) is 5.10 Å². The van der Waals surface area contributed by atoms with Crippen molar-refractivity contribution in [3.05, 3.63) is 101 Å². The smallest absolute Gasteiger partial charge is 0.322 e. The van der Waals surface area contributed by atoms with Crippen LogP contribution in [0.1, 0.15) is 37.4 Å². The third-order valence-corrected chi connectivity index (χ3v) is 4.70. The van der Waals surface area contributed by atoms with Crippen LogP contribution in [0.2, 0.25) is 0 Å². The fourth-order valence-electron chi connectivity index (χ4n) is 3.13. The van der Waals surface area contributed by atoms with E-state index in [1.165, 1.54) is 0 Å². The minimum absolute atomic E-state index is 0.0133. The van der Waals surface area contributed by atoms with Crippen molar-refractivity contribution in [2.45, 2.75) is 13.8 Å². The van der Waals surface area contributed by atoms with Gasteiger partial charge in [0.25, 0.3) is 5.91 Å². The summed E-state index contributed by atoms with van der Waals surface area (Å²) in [7, 11) is 0. The van der Waals surface area contributed by atoms with Crippen LogP contribution in [0, 0.1) is 13.8 Å². The Balaban J connectivity index is 1.47. The molecule has 0 saturated heterocycles. The van der Waals surface area contributed by atoms with E-state index in [-0.39, 0.29) is 11.8 Å². The van der Waals surface area contributed by atoms with Crippen molar-refractivity contribution in [3.63, 3.8) is 0 Å². The molecule has 1 aromatic heterocycles. The van der Waals surface area contributed by atoms with Gasteiger partial charge >= 0.3 is 6.01 Å². The van der Waals surface area contributed by atoms with Crippen LogP contribution in [0.5, 0.6) is 0 Å². The predicted octanol–water partition coefficient (Wildman–Crippen LogP) is 4.84. The van der Waals surface area contributed by atoms with Crippen molar-refractivity contribution in [2.24, 2.45) is 0 Å². The van der Waals surface area contributed by atoms with Gasteiger partial charge < -0.3 is 4.42 Å². The predicted molar refractivity (Wildman–Crippen MR) is 113 cm³/mol. The summed E-state index contributed by atoms with van der Waals surface area (Å²) in [5.74, 6) is -0.159. The summed E-state index contributed by atoms with van der Waals surface area (Å²) in [6.45, 7) is 3.97. The van der Waals surface area contributed by atoms with Gasteiger partial charge in [0.15, 0.2) is 5.78 Å². The number of amides is 1. The maximum Gasteiger partial charge on any atom is 0.322 e. The van der Waals surface area contributed by atoms with Crippen LogP contribution in [0.25, 0.3) is 11.5 Å². The molecule has 30 heavy (non-hydrogen) atoms. The van der Waals surface area contributed by atoms with Crippen molar-refractivity contribution in [1.82, 2.24) is 10.2 Å². The van der Waals surface area contributed by atoms with Crippen LogP contribution in [0.3, 0.4) is 0 Å². The summed E-state index contributed by atoms with van der Waals surface area (Å²) in [6.07, 6.45) is 0. The summed E-state index contributed by atoms with van der Waals surface area (Å²) in [4.78, 5) is 25.0. The largest absolute Gasteiger partial charge is 0.403 e. The zero-order chi connectivity index (χ0) is 21.1. The Morgan fingerprint density at radius 2 is 1.47 bits per heavy atom. The van der Waals surface area contributed by atoms with E-state index in [4.69, 9.17) is 4.42 Å². The van der Waals surface area contributed by atoms with Crippen LogP contribution >= 0.6 is 0 Å². The SMILES string of the molecule is Cc1ccc(-c2nnc(NC(=O)c3ccc(C(=O)c4ccccc4)cc3)o2)c(C)c1. The number of hydrogen-bond acceptors (Lipinski definition) is 5. The lowest BCUT2D eigenvalue weighted by Crippen LogP contribution is -2.12. The molecule has 0 spiro atoms. The highest BCUT2D eigenvalue weighted by atomic mass is 16.4. The molecular weight excluding hydrogens is 378 g/mol. The lowest BCUT2D eigenvalue weighted by molar-refractivity contribution is 0.101. The van der Waals surface area contributed by atoms with Gasteiger partial charge in [-0.2, -0.15) is 0 Å². The van der Waals surface area contributed by atoms with Crippen molar-refractivity contribution in [3.8, 4) is 11.5 Å². The van der Waals surface area contributed by atoms with E-state index in [9.17, 15) is 9.59 Å². The second-order valence-corrected chi connectivity index (χ2v) is 6.96. The lowest BCUT2D eigenvalue weighted by atomic mass is 10.0. The molecule has 0 unspecified atom stereocenters. The number of nitrogens with zero attached hydrogens (tertiary/aromatic N) is 2. The molecule has 0 bridgehead atoms. The first-order chi connectivity index (χ1) is 14.5. The van der Waals surface area contributed by atoms with Gasteiger partial charge in [0.1, 0.15) is 0 Å². The molecule has 3 aromatic carbocycles. The molecule has 0 atom stereocenters. The van der Waals surface area contributed by atoms with Crippen LogP contribution in [-0.4, -0.2) is 21.9 Å². The lowest BCUT2D eigenvalue weighted by Gasteiger charge is -2.04. The molecule has 4 aromatic rings. The monoisotopic (exact) mass is 397 g/mol. The Bertz CT molecular complexity index is 1210. The van der Waals surface area contributed by atoms with Crippen molar-refractivity contribution < 1.29 is 14.0 Å². The highest BCUT2D eigenvalue weighted by Gasteiger charge is 2.15. The highest BCUT2D eigenvalue weighted by Crippen LogP contribution is 2.24. The van der Waals surface area contributed by atoms with Crippen molar-refractivity contribution >= 4 is 17.7 Å². The highest BCUT2D eigenvalue weighted by molar-refractivity contribution is 6.10. The van der Waals surface area contributed by atoms with E-state index in [1.807, 2.05) is 50.2 Å². The van der Waals surface area contributed by atoms with E-state index >= 15 is 0 Å². The molecule has 6 heteroatoms. The van der Waals surface area contributed by atoms with Gasteiger partial charge in [0.2, 0.25) is 5.89 Å². The minimum atomic E-state index is -0.399. The Morgan fingerprint density at radius 3 is 2.17 bits per heavy atom. The van der Waals surface area contributed by atoms with Gasteiger partial charge in [-0.3, -0.25) is 14.9 Å². The normalized spacial score (nSPS) is 10.6. The summed E-state index contributed by atoms with van der Waals surface area (Å²) in [5, 5.41) is 10.5. The molecule has 1 N–H and O–H groups in total. The van der Waals surface area contributed by atoms with Gasteiger partial charge in [0, 0.05) is 22.3 Å². The quantitative estimate of drug-likeness (QED) is 0.487. The number of rotatable bonds is 5. The number of ketones is 1. The molecule has 0 saturated carbocycles. The molecule has 1 heterocycles. The average molecular weight is 397 g/mol. The van der Waals surface area contributed by atoms with Gasteiger partial charge in [0.05, 0.1) is 0 Å². The Morgan fingerprint density at radius 1 is 0.800 bits per heavy atom. The molecule has 4 rings (SSSR count). The van der Waals surface area contributed by atoms with E-state index in [0.717, 1.165) is 16.7 Å². The molecule has 148 valence electrons. The number of anilines is 1. The fraction of sp³-hybridized carbons (Fsp3) is 0.0833. The third-order valence-electron chi connectivity index (χ3n) is 4.70. The molecular formula is C24H19N3O3. The Kier molecular flexibility index (Phi) is 5.22. The summed E-state index contributed by atoms with van der Waals surface area (Å²) in [5.41, 5.74) is 4.45. The number of hydrogen-bond donors (Lipinski definition) is 1. The van der Waals surface area contributed by atoms with Gasteiger partial charge in [-0.05, 0) is 37.6 Å². The molecule has 0 fully saturated rings. The number of nitrogens with one attached hydrogen (secondary N) is 1. The van der Waals surface area contributed by atoms with Crippen LogP contribution < -0.4 is 5.32 Å². The van der Waals surface area contributed by atoms with Gasteiger partial charge in [-0.25, -0.2) is 0 Å². The van der Waals surface area contributed by atoms with Crippen LogP contribution in [0.15, 0.2) is 77.2 Å². The molecule has 0 radical (unpaired) electrons. The second-order valence-electron chi connectivity index (χ2n) is 6.96. The number of aromatic nitrogens is 2. The second kappa shape index (κ2) is 8.13. The van der Waals surface area contributed by atoms with Gasteiger partial charge in [-0.1, -0.05) is 65.3 Å². The molecule has 0 aliphatic heterocycles. The van der Waals surface area contributed by atoms with E-state index in [0.29, 0.717) is 22.6 Å². The topological polar surface area (TPSA) is 85.1 Å². The van der Waals surface area contributed by atoms with Crippen molar-refractivity contribution in [2.75, 3.05) is 5.32 Å². The maximum atomic E-state index is 12.5. The third kappa shape index (κ3) is 4.03. The molecule has 1 amide bonds. The first-order valence-corrected chi connectivity index (χ1v) is 9.43. The number of aryl methyl sites for hydroxylation is 2. The number of carbonyl (C=O) groups is 2. The van der Waals surface area contributed by atoms with E-state index in [2.05, 4.69) is 15.5 Å². The standard InChI is InChI=1S/C24H19N3O3/c1-15-8-13-20(16(2)14-15)23-26-27-24(30-23)25-22(29)19-11-9-18(10-12-19)21(28)17-6-4-3-5-7-17/h3-14H,1-2H3,(H,25,27,29). The average Bonchev–Trinajstić information content (AvgIpc) is 3.22. The summed E-state index contributed by atoms with van der Waals surface area (Å²) < 4.78 is 5.59. The zero-order valence-corrected chi connectivity index (χ0v) is 16.5. The first kappa shape index (κ1) is 19.3. The van der Waals surface area contributed by atoms with Crippen LogP contribution in [0.4, 0.5) is 6.01 Å². The fourth-order valence-corrected chi connectivity index (χ4v) is 3.13. The number of benzene rings is 3. The van der Waals surface area contributed by atoms with Crippen LogP contribution in [-0.2, 0) is 0 Å². The molecule has 0 aliphatic carbocycles. The van der Waals surface area contributed by atoms with E-state index in [1.54, 1.807) is 36.4 Å². The zero-order valence-electron chi connectivity index (χ0n) is 16.5. The Labute approximate surface area is 173 Å². The van der Waals surface area contributed by atoms with E-state index < -0.39 is 5.91 Å². The van der Waals surface area contributed by atoms with Crippen molar-refractivity contribution in [1.29, 1.82) is 0 Å². The summed E-state index contributed by atoms with van der Waals surface area (Å²) >= 11 is 0. The summed E-state index contributed by atoms with van der Waals surface area (Å²) in [6, 6.07) is 21.3.